The fraction of sp³-hybridized carbons (Fsp3) is 0.588. The van der Waals surface area contributed by atoms with Gasteiger partial charge in [-0.2, -0.15) is 0 Å². The van der Waals surface area contributed by atoms with Crippen molar-refractivity contribution in [2.24, 2.45) is 11.3 Å². The predicted molar refractivity (Wildman–Crippen MR) is 78.4 cm³/mol. The van der Waals surface area contributed by atoms with Crippen LogP contribution in [0.3, 0.4) is 0 Å². The van der Waals surface area contributed by atoms with Crippen molar-refractivity contribution in [2.45, 2.75) is 38.6 Å². The maximum atomic E-state index is 11.3. The Balaban J connectivity index is 1.69. The maximum absolute atomic E-state index is 11.3. The van der Waals surface area contributed by atoms with Gasteiger partial charge in [0.1, 0.15) is 0 Å². The summed E-state index contributed by atoms with van der Waals surface area (Å²) in [5.74, 6) is 0.0237. The second kappa shape index (κ2) is 5.57. The lowest BCUT2D eigenvalue weighted by Crippen LogP contribution is -2.45. The molecule has 3 nitrogen and oxygen atoms in total. The van der Waals surface area contributed by atoms with Gasteiger partial charge in [-0.15, -0.1) is 0 Å². The van der Waals surface area contributed by atoms with Crippen molar-refractivity contribution in [1.82, 2.24) is 4.90 Å². The van der Waals surface area contributed by atoms with Crippen molar-refractivity contribution in [3.8, 4) is 0 Å². The molecule has 1 saturated heterocycles. The highest BCUT2D eigenvalue weighted by molar-refractivity contribution is 5.68. The number of carbonyl (C=O) groups is 1. The summed E-state index contributed by atoms with van der Waals surface area (Å²) in [6, 6.07) is 10.5. The summed E-state index contributed by atoms with van der Waals surface area (Å²) in [4.78, 5) is 13.7. The van der Waals surface area contributed by atoms with E-state index >= 15 is 0 Å². The number of likely N-dealkylation sites (tertiary alicyclic amines) is 1. The molecule has 0 aromatic heterocycles. The molecule has 20 heavy (non-hydrogen) atoms. The van der Waals surface area contributed by atoms with Gasteiger partial charge in [0.15, 0.2) is 0 Å². The zero-order chi connectivity index (χ0) is 14.0. The van der Waals surface area contributed by atoms with Gasteiger partial charge in [-0.1, -0.05) is 30.3 Å². The van der Waals surface area contributed by atoms with Gasteiger partial charge in [-0.05, 0) is 49.1 Å². The lowest BCUT2D eigenvalue weighted by Gasteiger charge is -2.42. The zero-order valence-corrected chi connectivity index (χ0v) is 11.9. The number of piperidine rings is 1. The van der Waals surface area contributed by atoms with E-state index in [0.717, 1.165) is 32.5 Å². The molecule has 1 atom stereocenters. The van der Waals surface area contributed by atoms with Gasteiger partial charge in [0.25, 0.3) is 0 Å². The highest BCUT2D eigenvalue weighted by atomic mass is 16.4. The maximum Gasteiger partial charge on any atom is 0.303 e. The minimum absolute atomic E-state index is 0.0405. The number of carboxylic acid groups (broad SMARTS) is 1. The van der Waals surface area contributed by atoms with Crippen molar-refractivity contribution >= 4 is 5.97 Å². The number of benzene rings is 1. The smallest absolute Gasteiger partial charge is 0.303 e. The first kappa shape index (κ1) is 13.6. The molecule has 1 aliphatic carbocycles. The Morgan fingerprint density at radius 1 is 1.30 bits per heavy atom. The van der Waals surface area contributed by atoms with Crippen LogP contribution in [0.2, 0.25) is 0 Å². The van der Waals surface area contributed by atoms with E-state index in [-0.39, 0.29) is 5.41 Å². The summed E-state index contributed by atoms with van der Waals surface area (Å²) in [6.45, 7) is 3.01. The van der Waals surface area contributed by atoms with Crippen molar-refractivity contribution in [2.75, 3.05) is 13.1 Å². The average molecular weight is 273 g/mol. The molecule has 108 valence electrons. The van der Waals surface area contributed by atoms with E-state index in [1.165, 1.54) is 18.4 Å². The Hall–Kier alpha value is -1.35. The van der Waals surface area contributed by atoms with Crippen molar-refractivity contribution in [3.63, 3.8) is 0 Å². The van der Waals surface area contributed by atoms with E-state index in [9.17, 15) is 9.90 Å². The van der Waals surface area contributed by atoms with Gasteiger partial charge in [0.05, 0.1) is 6.42 Å². The third kappa shape index (κ3) is 3.04. The highest BCUT2D eigenvalue weighted by Gasteiger charge is 2.48. The van der Waals surface area contributed by atoms with E-state index in [4.69, 9.17) is 0 Å². The molecular formula is C17H23NO2. The first-order valence-electron chi connectivity index (χ1n) is 7.66. The molecule has 1 saturated carbocycles. The second-order valence-electron chi connectivity index (χ2n) is 6.51. The van der Waals surface area contributed by atoms with E-state index in [1.54, 1.807) is 0 Å². The molecule has 3 rings (SSSR count). The van der Waals surface area contributed by atoms with Crippen LogP contribution in [0.25, 0.3) is 0 Å². The molecule has 0 amide bonds. The Morgan fingerprint density at radius 3 is 2.70 bits per heavy atom. The molecule has 0 radical (unpaired) electrons. The molecule has 2 fully saturated rings. The van der Waals surface area contributed by atoms with Crippen LogP contribution in [0.1, 0.15) is 37.7 Å². The normalized spacial score (nSPS) is 27.4. The Morgan fingerprint density at radius 2 is 2.05 bits per heavy atom. The summed E-state index contributed by atoms with van der Waals surface area (Å²) in [5.41, 5.74) is 1.37. The van der Waals surface area contributed by atoms with E-state index in [0.29, 0.717) is 12.3 Å². The van der Waals surface area contributed by atoms with E-state index in [2.05, 4.69) is 29.2 Å². The van der Waals surface area contributed by atoms with Gasteiger partial charge >= 0.3 is 5.97 Å². The summed E-state index contributed by atoms with van der Waals surface area (Å²) >= 11 is 0. The summed E-state index contributed by atoms with van der Waals surface area (Å²) in [7, 11) is 0. The van der Waals surface area contributed by atoms with Gasteiger partial charge in [-0.25, -0.2) is 0 Å². The van der Waals surface area contributed by atoms with Crippen LogP contribution >= 0.6 is 0 Å². The number of hydrogen-bond acceptors (Lipinski definition) is 2. The molecule has 1 unspecified atom stereocenters. The third-order valence-corrected chi connectivity index (χ3v) is 4.88. The lowest BCUT2D eigenvalue weighted by molar-refractivity contribution is -0.141. The van der Waals surface area contributed by atoms with Crippen LogP contribution in [0.4, 0.5) is 0 Å². The summed E-state index contributed by atoms with van der Waals surface area (Å²) in [5, 5.41) is 9.27. The largest absolute Gasteiger partial charge is 0.481 e. The number of rotatable bonds is 5. The molecule has 0 spiro atoms. The van der Waals surface area contributed by atoms with E-state index in [1.807, 2.05) is 6.07 Å². The SMILES string of the molecule is O=C(O)CC1(C2CC2)CCCN(Cc2ccccc2)C1. The zero-order valence-electron chi connectivity index (χ0n) is 11.9. The van der Waals surface area contributed by atoms with Crippen molar-refractivity contribution < 1.29 is 9.90 Å². The van der Waals surface area contributed by atoms with Gasteiger partial charge in [0, 0.05) is 13.1 Å². The van der Waals surface area contributed by atoms with Gasteiger partial charge in [0.2, 0.25) is 0 Å². The topological polar surface area (TPSA) is 40.5 Å². The molecule has 1 heterocycles. The Kier molecular flexibility index (Phi) is 3.79. The first-order valence-corrected chi connectivity index (χ1v) is 7.66. The highest BCUT2D eigenvalue weighted by Crippen LogP contribution is 2.52. The Labute approximate surface area is 120 Å². The monoisotopic (exact) mass is 273 g/mol. The van der Waals surface area contributed by atoms with Crippen LogP contribution in [-0.2, 0) is 11.3 Å². The van der Waals surface area contributed by atoms with Crippen LogP contribution in [-0.4, -0.2) is 29.1 Å². The molecule has 3 heteroatoms. The fourth-order valence-electron chi connectivity index (χ4n) is 3.85. The third-order valence-electron chi connectivity index (χ3n) is 4.88. The number of hydrogen-bond donors (Lipinski definition) is 1. The van der Waals surface area contributed by atoms with E-state index < -0.39 is 5.97 Å². The van der Waals surface area contributed by atoms with Crippen molar-refractivity contribution in [1.29, 1.82) is 0 Å². The van der Waals surface area contributed by atoms with Crippen LogP contribution in [0.15, 0.2) is 30.3 Å². The predicted octanol–water partition coefficient (Wildman–Crippen LogP) is 3.15. The van der Waals surface area contributed by atoms with Crippen LogP contribution < -0.4 is 0 Å². The molecule has 0 bridgehead atoms. The minimum Gasteiger partial charge on any atom is -0.481 e. The van der Waals surface area contributed by atoms with Crippen LogP contribution in [0.5, 0.6) is 0 Å². The second-order valence-corrected chi connectivity index (χ2v) is 6.51. The number of aliphatic carboxylic acids is 1. The number of carboxylic acids is 1. The molecule has 1 aliphatic heterocycles. The van der Waals surface area contributed by atoms with Gasteiger partial charge < -0.3 is 5.11 Å². The molecule has 1 aromatic carbocycles. The molecular weight excluding hydrogens is 250 g/mol. The first-order chi connectivity index (χ1) is 9.68. The fourth-order valence-corrected chi connectivity index (χ4v) is 3.85. The molecule has 1 aromatic rings. The van der Waals surface area contributed by atoms with Crippen LogP contribution in [0, 0.1) is 11.3 Å². The minimum atomic E-state index is -0.626. The summed E-state index contributed by atoms with van der Waals surface area (Å²) < 4.78 is 0. The Bertz CT molecular complexity index is 469. The average Bonchev–Trinajstić information content (AvgIpc) is 3.24. The van der Waals surface area contributed by atoms with Crippen molar-refractivity contribution in [3.05, 3.63) is 35.9 Å². The summed E-state index contributed by atoms with van der Waals surface area (Å²) in [6.07, 6.45) is 5.04. The standard InChI is InChI=1S/C17H23NO2/c19-16(20)11-17(15-7-8-15)9-4-10-18(13-17)12-14-5-2-1-3-6-14/h1-3,5-6,15H,4,7-13H2,(H,19,20). The molecule has 2 aliphatic rings. The molecule has 1 N–H and O–H groups in total. The quantitative estimate of drug-likeness (QED) is 0.896. The lowest BCUT2D eigenvalue weighted by atomic mass is 9.73. The number of nitrogens with zero attached hydrogens (tertiary/aromatic N) is 1. The van der Waals surface area contributed by atoms with Gasteiger partial charge in [-0.3, -0.25) is 9.69 Å².